The second kappa shape index (κ2) is 10.8. The SMILES string of the molecule is CC(=O)NCCNC(=O)c1ccc(NC(=O)CCCc2ccccc2)cc1. The first kappa shape index (κ1) is 20.2. The van der Waals surface area contributed by atoms with Crippen LogP contribution in [0.2, 0.25) is 0 Å². The highest BCUT2D eigenvalue weighted by atomic mass is 16.2. The fourth-order valence-corrected chi connectivity index (χ4v) is 2.54. The number of hydrogen-bond acceptors (Lipinski definition) is 3. The minimum absolute atomic E-state index is 0.0431. The molecule has 0 saturated carbocycles. The van der Waals surface area contributed by atoms with Crippen molar-refractivity contribution in [3.8, 4) is 0 Å². The minimum Gasteiger partial charge on any atom is -0.355 e. The van der Waals surface area contributed by atoms with Gasteiger partial charge in [-0.2, -0.15) is 0 Å². The van der Waals surface area contributed by atoms with E-state index in [4.69, 9.17) is 0 Å². The topological polar surface area (TPSA) is 87.3 Å². The third kappa shape index (κ3) is 7.73. The van der Waals surface area contributed by atoms with Gasteiger partial charge < -0.3 is 16.0 Å². The lowest BCUT2D eigenvalue weighted by atomic mass is 10.1. The zero-order valence-corrected chi connectivity index (χ0v) is 15.5. The van der Waals surface area contributed by atoms with Crippen LogP contribution in [0.3, 0.4) is 0 Å². The summed E-state index contributed by atoms with van der Waals surface area (Å²) >= 11 is 0. The number of anilines is 1. The molecule has 0 unspecified atom stereocenters. The Bertz CT molecular complexity index is 758. The van der Waals surface area contributed by atoms with Gasteiger partial charge in [0, 0.05) is 37.7 Å². The highest BCUT2D eigenvalue weighted by molar-refractivity contribution is 5.95. The van der Waals surface area contributed by atoms with Crippen LogP contribution in [0, 0.1) is 0 Å². The van der Waals surface area contributed by atoms with Gasteiger partial charge in [0.05, 0.1) is 0 Å². The van der Waals surface area contributed by atoms with E-state index in [0.717, 1.165) is 12.8 Å². The average Bonchev–Trinajstić information content (AvgIpc) is 2.66. The number of amides is 3. The van der Waals surface area contributed by atoms with E-state index in [1.54, 1.807) is 24.3 Å². The zero-order chi connectivity index (χ0) is 19.5. The Labute approximate surface area is 159 Å². The summed E-state index contributed by atoms with van der Waals surface area (Å²) < 4.78 is 0. The fraction of sp³-hybridized carbons (Fsp3) is 0.286. The van der Waals surface area contributed by atoms with E-state index in [1.807, 2.05) is 18.2 Å². The molecule has 0 spiro atoms. The monoisotopic (exact) mass is 367 g/mol. The van der Waals surface area contributed by atoms with E-state index in [-0.39, 0.29) is 17.7 Å². The molecule has 0 saturated heterocycles. The van der Waals surface area contributed by atoms with Crippen LogP contribution in [-0.4, -0.2) is 30.8 Å². The first-order chi connectivity index (χ1) is 13.0. The Morgan fingerprint density at radius 1 is 0.852 bits per heavy atom. The summed E-state index contributed by atoms with van der Waals surface area (Å²) in [7, 11) is 0. The number of carbonyl (C=O) groups is 3. The molecule has 0 aliphatic rings. The smallest absolute Gasteiger partial charge is 0.251 e. The molecule has 3 amide bonds. The maximum atomic E-state index is 12.0. The molecule has 0 atom stereocenters. The number of benzene rings is 2. The molecule has 2 rings (SSSR count). The van der Waals surface area contributed by atoms with Gasteiger partial charge in [-0.05, 0) is 42.7 Å². The van der Waals surface area contributed by atoms with E-state index in [9.17, 15) is 14.4 Å². The Morgan fingerprint density at radius 3 is 2.19 bits per heavy atom. The second-order valence-electron chi connectivity index (χ2n) is 6.20. The van der Waals surface area contributed by atoms with Crippen molar-refractivity contribution in [3.63, 3.8) is 0 Å². The molecule has 0 fully saturated rings. The predicted octanol–water partition coefficient (Wildman–Crippen LogP) is 2.51. The number of hydrogen-bond donors (Lipinski definition) is 3. The van der Waals surface area contributed by atoms with Crippen LogP contribution in [0.25, 0.3) is 0 Å². The van der Waals surface area contributed by atoms with Gasteiger partial charge >= 0.3 is 0 Å². The van der Waals surface area contributed by atoms with Crippen molar-refractivity contribution in [2.45, 2.75) is 26.2 Å². The van der Waals surface area contributed by atoms with E-state index < -0.39 is 0 Å². The van der Waals surface area contributed by atoms with Crippen LogP contribution < -0.4 is 16.0 Å². The quantitative estimate of drug-likeness (QED) is 0.595. The van der Waals surface area contributed by atoms with Gasteiger partial charge in [0.25, 0.3) is 5.91 Å². The molecule has 0 heterocycles. The lowest BCUT2D eigenvalue weighted by Gasteiger charge is -2.08. The molecule has 0 bridgehead atoms. The van der Waals surface area contributed by atoms with Crippen molar-refractivity contribution in [3.05, 3.63) is 65.7 Å². The zero-order valence-electron chi connectivity index (χ0n) is 15.5. The largest absolute Gasteiger partial charge is 0.355 e. The van der Waals surface area contributed by atoms with Gasteiger partial charge in [0.2, 0.25) is 11.8 Å². The summed E-state index contributed by atoms with van der Waals surface area (Å²) in [5, 5.41) is 8.17. The molecule has 27 heavy (non-hydrogen) atoms. The van der Waals surface area contributed by atoms with Gasteiger partial charge in [-0.1, -0.05) is 30.3 Å². The lowest BCUT2D eigenvalue weighted by Crippen LogP contribution is -2.33. The Morgan fingerprint density at radius 2 is 1.52 bits per heavy atom. The number of nitrogens with one attached hydrogen (secondary N) is 3. The summed E-state index contributed by atoms with van der Waals surface area (Å²) in [5.74, 6) is -0.396. The normalized spacial score (nSPS) is 10.1. The molecule has 6 heteroatoms. The molecule has 2 aromatic carbocycles. The summed E-state index contributed by atoms with van der Waals surface area (Å²) in [6.07, 6.45) is 2.09. The van der Waals surface area contributed by atoms with Crippen LogP contribution in [0.4, 0.5) is 5.69 Å². The van der Waals surface area contributed by atoms with Crippen molar-refractivity contribution >= 4 is 23.4 Å². The minimum atomic E-state index is -0.221. The van der Waals surface area contributed by atoms with Crippen LogP contribution in [0.1, 0.15) is 35.7 Å². The van der Waals surface area contributed by atoms with Crippen LogP contribution in [-0.2, 0) is 16.0 Å². The molecule has 0 aliphatic heterocycles. The molecule has 0 aliphatic carbocycles. The third-order valence-electron chi connectivity index (χ3n) is 3.93. The summed E-state index contributed by atoms with van der Waals surface area (Å²) in [6.45, 7) is 2.17. The average molecular weight is 367 g/mol. The Balaban J connectivity index is 1.71. The number of aryl methyl sites for hydroxylation is 1. The second-order valence-corrected chi connectivity index (χ2v) is 6.20. The van der Waals surface area contributed by atoms with E-state index in [2.05, 4.69) is 28.1 Å². The molecule has 142 valence electrons. The van der Waals surface area contributed by atoms with Gasteiger partial charge in [0.1, 0.15) is 0 Å². The molecule has 0 aromatic heterocycles. The van der Waals surface area contributed by atoms with Crippen LogP contribution in [0.5, 0.6) is 0 Å². The third-order valence-corrected chi connectivity index (χ3v) is 3.93. The van der Waals surface area contributed by atoms with Crippen molar-refractivity contribution in [1.29, 1.82) is 0 Å². The number of carbonyl (C=O) groups excluding carboxylic acids is 3. The van der Waals surface area contributed by atoms with Gasteiger partial charge in [-0.25, -0.2) is 0 Å². The van der Waals surface area contributed by atoms with E-state index >= 15 is 0 Å². The summed E-state index contributed by atoms with van der Waals surface area (Å²) in [5.41, 5.74) is 2.38. The maximum absolute atomic E-state index is 12.0. The maximum Gasteiger partial charge on any atom is 0.251 e. The predicted molar refractivity (Wildman–Crippen MR) is 105 cm³/mol. The van der Waals surface area contributed by atoms with E-state index in [0.29, 0.717) is 30.8 Å². The Hall–Kier alpha value is -3.15. The number of rotatable bonds is 9. The molecule has 6 nitrogen and oxygen atoms in total. The highest BCUT2D eigenvalue weighted by Gasteiger charge is 2.07. The standard InChI is InChI=1S/C21H25N3O3/c1-16(25)22-14-15-23-21(27)18-10-12-19(13-11-18)24-20(26)9-5-8-17-6-3-2-4-7-17/h2-4,6-7,10-13H,5,8-9,14-15H2,1H3,(H,22,25)(H,23,27)(H,24,26). The highest BCUT2D eigenvalue weighted by Crippen LogP contribution is 2.11. The van der Waals surface area contributed by atoms with E-state index in [1.165, 1.54) is 12.5 Å². The van der Waals surface area contributed by atoms with Gasteiger partial charge in [0.15, 0.2) is 0 Å². The summed E-state index contributed by atoms with van der Waals surface area (Å²) in [4.78, 5) is 34.8. The molecule has 3 N–H and O–H groups in total. The molecule has 2 aromatic rings. The molecule has 0 radical (unpaired) electrons. The first-order valence-corrected chi connectivity index (χ1v) is 9.01. The van der Waals surface area contributed by atoms with Crippen LogP contribution >= 0.6 is 0 Å². The summed E-state index contributed by atoms with van der Waals surface area (Å²) in [6, 6.07) is 16.8. The van der Waals surface area contributed by atoms with Crippen molar-refractivity contribution in [2.75, 3.05) is 18.4 Å². The van der Waals surface area contributed by atoms with Crippen LogP contribution in [0.15, 0.2) is 54.6 Å². The Kier molecular flexibility index (Phi) is 8.03. The lowest BCUT2D eigenvalue weighted by molar-refractivity contribution is -0.119. The molecular weight excluding hydrogens is 342 g/mol. The van der Waals surface area contributed by atoms with Gasteiger partial charge in [-0.15, -0.1) is 0 Å². The fourth-order valence-electron chi connectivity index (χ4n) is 2.54. The first-order valence-electron chi connectivity index (χ1n) is 9.01. The van der Waals surface area contributed by atoms with Crippen molar-refractivity contribution in [1.82, 2.24) is 10.6 Å². The van der Waals surface area contributed by atoms with Gasteiger partial charge in [-0.3, -0.25) is 14.4 Å². The van der Waals surface area contributed by atoms with Crippen molar-refractivity contribution < 1.29 is 14.4 Å². The van der Waals surface area contributed by atoms with Crippen molar-refractivity contribution in [2.24, 2.45) is 0 Å². The molecular formula is C21H25N3O3.